The van der Waals surface area contributed by atoms with Crippen molar-refractivity contribution in [1.29, 1.82) is 0 Å². The average molecular weight is 1260 g/mol. The van der Waals surface area contributed by atoms with E-state index in [1.165, 1.54) is 25.0 Å². The lowest BCUT2D eigenvalue weighted by Gasteiger charge is -2.51. The molecule has 5 fully saturated rings. The largest absolute Gasteiger partial charge is 0.494 e. The van der Waals surface area contributed by atoms with Gasteiger partial charge in [0.15, 0.2) is 31.5 Å². The van der Waals surface area contributed by atoms with Gasteiger partial charge < -0.3 is 135 Å². The Morgan fingerprint density at radius 1 is 0.455 bits per heavy atom. The summed E-state index contributed by atoms with van der Waals surface area (Å²) < 4.78 is 59.8. The molecule has 1 aromatic carbocycles. The molecule has 5 heterocycles. The zero-order valence-electron chi connectivity index (χ0n) is 49.6. The van der Waals surface area contributed by atoms with E-state index < -0.39 is 216 Å². The van der Waals surface area contributed by atoms with Crippen LogP contribution in [0.15, 0.2) is 36.4 Å². The van der Waals surface area contributed by atoms with Crippen LogP contribution in [0.3, 0.4) is 0 Å². The Kier molecular flexibility index (Phi) is 28.5. The van der Waals surface area contributed by atoms with Gasteiger partial charge in [-0.2, -0.15) is 0 Å². The molecule has 17 N–H and O–H groups in total. The first-order valence-corrected chi connectivity index (χ1v) is 29.5. The molecule has 6 rings (SSSR count). The van der Waals surface area contributed by atoms with Gasteiger partial charge in [0.25, 0.3) is 5.91 Å². The first-order valence-electron chi connectivity index (χ1n) is 29.5. The highest BCUT2D eigenvalue weighted by Crippen LogP contribution is 2.36. The third-order valence-corrected chi connectivity index (χ3v) is 15.5. The van der Waals surface area contributed by atoms with Crippen LogP contribution >= 0.6 is 0 Å². The molecule has 88 heavy (non-hydrogen) atoms. The van der Waals surface area contributed by atoms with E-state index in [-0.39, 0.29) is 5.56 Å². The second kappa shape index (κ2) is 34.6. The Balaban J connectivity index is 1.18. The summed E-state index contributed by atoms with van der Waals surface area (Å²) in [4.78, 5) is 64.1. The molecule has 0 radical (unpaired) electrons. The van der Waals surface area contributed by atoms with Crippen molar-refractivity contribution in [3.05, 3.63) is 42.0 Å². The van der Waals surface area contributed by atoms with Crippen LogP contribution in [0.4, 0.5) is 0 Å². The summed E-state index contributed by atoms with van der Waals surface area (Å²) in [5, 5.41) is 145. The van der Waals surface area contributed by atoms with Crippen LogP contribution in [0, 0.1) is 0 Å². The van der Waals surface area contributed by atoms with E-state index in [1.807, 2.05) is 0 Å². The third kappa shape index (κ3) is 18.7. The van der Waals surface area contributed by atoms with E-state index in [9.17, 15) is 85.3 Å². The van der Waals surface area contributed by atoms with Gasteiger partial charge in [-0.1, -0.05) is 44.4 Å². The van der Waals surface area contributed by atoms with E-state index in [0.29, 0.717) is 18.8 Å². The summed E-state index contributed by atoms with van der Waals surface area (Å²) in [6, 6.07) is -2.18. The Hall–Kier alpha value is -4.73. The Morgan fingerprint density at radius 3 is 1.24 bits per heavy atom. The van der Waals surface area contributed by atoms with Gasteiger partial charge in [-0.05, 0) is 43.9 Å². The molecule has 32 heteroatoms. The minimum Gasteiger partial charge on any atom is -0.494 e. The molecule has 0 aliphatic carbocycles. The van der Waals surface area contributed by atoms with Crippen LogP contribution in [0.1, 0.15) is 89.9 Å². The Labute approximate surface area is 507 Å². The molecular weight excluding hydrogens is 1170 g/mol. The summed E-state index contributed by atoms with van der Waals surface area (Å²) in [5.41, 5.74) is 0.0576. The van der Waals surface area contributed by atoms with Crippen LogP contribution < -0.4 is 31.3 Å². The highest BCUT2D eigenvalue weighted by molar-refractivity contribution is 5.94. The van der Waals surface area contributed by atoms with E-state index in [0.717, 1.165) is 53.4 Å². The van der Waals surface area contributed by atoms with Crippen molar-refractivity contribution in [2.24, 2.45) is 0 Å². The number of rotatable bonds is 29. The van der Waals surface area contributed by atoms with Gasteiger partial charge in [0.2, 0.25) is 23.6 Å². The van der Waals surface area contributed by atoms with Gasteiger partial charge in [-0.3, -0.25) is 24.0 Å². The summed E-state index contributed by atoms with van der Waals surface area (Å²) in [7, 11) is 0. The number of aliphatic hydroxyl groups is 12. The lowest BCUT2D eigenvalue weighted by molar-refractivity contribution is -0.367. The average Bonchev–Trinajstić information content (AvgIpc) is 1.44. The number of carbonyl (C=O) groups excluding carboxylic acids is 5. The summed E-state index contributed by atoms with van der Waals surface area (Å²) in [6.45, 7) is 2.01. The molecule has 5 aliphatic heterocycles. The predicted molar refractivity (Wildman–Crippen MR) is 297 cm³/mol. The fourth-order valence-corrected chi connectivity index (χ4v) is 11.1. The standard InChI is InChI=1S/C56H89N5O27/c1-6-7-8-9-10-11-12-13-14-18-79-30-17-15-16-29(19-30)51(77)61-37-42(72)41(71)31(20-62)81-53(37)86-48-33(22-64)83-55(39(44(48)74)59-27(4)69)88-50-35(24-66)84-56(40(46(50)76)60-28(5)70)87-49-34(23-65)82-54(38(45(49)75)58-26(3)68)85-47-32(21-63)80-52(78)36(43(47)73)57-25(2)67/h11-12,15-17,19,31-50,52-56,62-66,71-76,78H,6-10,13-14,18,20-24H2,1-5H3,(H,57,67)(H,58,68)(H,59,69)(H,60,70)(H,61,77)/b12-11-/t31?,32?,33-,34-,35?,36-,37-,38?,39?,40-,41+,42+,43+,44?,45?,46?,47?,48+,49+,50+,52+,53?,54?,55?,56-/m0/s1. The molecule has 5 amide bonds. The number of carbonyl (C=O) groups is 5. The maximum Gasteiger partial charge on any atom is 0.251 e. The molecule has 0 bridgehead atoms. The summed E-state index contributed by atoms with van der Waals surface area (Å²) in [5.74, 6) is -3.54. The maximum atomic E-state index is 13.9. The van der Waals surface area contributed by atoms with Crippen molar-refractivity contribution in [2.75, 3.05) is 39.6 Å². The van der Waals surface area contributed by atoms with Crippen molar-refractivity contribution in [2.45, 2.75) is 233 Å². The second-order valence-corrected chi connectivity index (χ2v) is 22.2. The Morgan fingerprint density at radius 2 is 0.830 bits per heavy atom. The van der Waals surface area contributed by atoms with Crippen molar-refractivity contribution in [1.82, 2.24) is 26.6 Å². The van der Waals surface area contributed by atoms with Gasteiger partial charge in [0, 0.05) is 33.3 Å². The lowest BCUT2D eigenvalue weighted by Crippen LogP contribution is -2.72. The van der Waals surface area contributed by atoms with Crippen LogP contribution in [0.5, 0.6) is 5.75 Å². The molecule has 0 aromatic heterocycles. The van der Waals surface area contributed by atoms with Crippen LogP contribution in [0.25, 0.3) is 0 Å². The number of amides is 5. The van der Waals surface area contributed by atoms with Gasteiger partial charge in [0.1, 0.15) is 128 Å². The second-order valence-electron chi connectivity index (χ2n) is 22.2. The van der Waals surface area contributed by atoms with Gasteiger partial charge in [0.05, 0.1) is 39.6 Å². The number of hydrogen-bond donors (Lipinski definition) is 17. The van der Waals surface area contributed by atoms with Crippen LogP contribution in [-0.4, -0.2) is 284 Å². The minimum atomic E-state index is -2.03. The van der Waals surface area contributed by atoms with E-state index in [2.05, 4.69) is 45.7 Å². The fraction of sp³-hybridized carbons (Fsp3) is 0.768. The van der Waals surface area contributed by atoms with Crippen molar-refractivity contribution in [3.8, 4) is 5.75 Å². The topological polar surface area (TPSA) is 481 Å². The van der Waals surface area contributed by atoms with Crippen molar-refractivity contribution in [3.63, 3.8) is 0 Å². The first kappa shape index (κ1) is 72.3. The Bertz CT molecular complexity index is 2400. The number of benzene rings is 1. The first-order chi connectivity index (χ1) is 42.0. The van der Waals surface area contributed by atoms with Gasteiger partial charge >= 0.3 is 0 Å². The lowest BCUT2D eigenvalue weighted by atomic mass is 9.93. The highest BCUT2D eigenvalue weighted by Gasteiger charge is 2.58. The van der Waals surface area contributed by atoms with Crippen molar-refractivity contribution < 1.29 is 133 Å². The number of unbranched alkanes of at least 4 members (excludes halogenated alkanes) is 5. The minimum absolute atomic E-state index is 0.0576. The molecule has 5 aliphatic rings. The quantitative estimate of drug-likeness (QED) is 0.0262. The maximum absolute atomic E-state index is 13.9. The molecule has 0 spiro atoms. The predicted octanol–water partition coefficient (Wildman–Crippen LogP) is -6.23. The molecule has 5 saturated heterocycles. The van der Waals surface area contributed by atoms with E-state index >= 15 is 0 Å². The van der Waals surface area contributed by atoms with E-state index in [1.54, 1.807) is 12.1 Å². The third-order valence-electron chi connectivity index (χ3n) is 15.5. The van der Waals surface area contributed by atoms with Crippen LogP contribution in [0.2, 0.25) is 0 Å². The SMILES string of the molecule is CCCCCC/C=C\CCCOc1cccc(C(=O)N[C@@H]2C(O[C@H]3C(O)C(NC(C)=O)C(O[C@@H]4C(CO)O[C@@H](O[C@H]5C(O)C(NC(C)=O)C(OC6C(CO)O[C@@H](O)[C@@H](NC(C)=O)[C@H]6O)O[C@H]5CO)[C@@H](NC(C)=O)C4O)O[C@H]3CO)OC(CO)[C@@H](O)[C@@H]2O)c1. The molecule has 32 nitrogen and oxygen atoms in total. The molecule has 1 aromatic rings. The zero-order valence-corrected chi connectivity index (χ0v) is 49.6. The van der Waals surface area contributed by atoms with Crippen molar-refractivity contribution >= 4 is 29.5 Å². The normalized spacial score (nSPS) is 37.8. The fourth-order valence-electron chi connectivity index (χ4n) is 11.1. The number of nitrogens with one attached hydrogen (secondary N) is 5. The number of hydrogen-bond acceptors (Lipinski definition) is 27. The monoisotopic (exact) mass is 1260 g/mol. The van der Waals surface area contributed by atoms with Crippen LogP contribution in [-0.2, 0) is 61.8 Å². The molecular formula is C56H89N5O27. The molecule has 0 saturated carbocycles. The summed E-state index contributed by atoms with van der Waals surface area (Å²) in [6.07, 6.45) is -24.4. The number of ether oxygens (including phenoxy) is 10. The van der Waals surface area contributed by atoms with Gasteiger partial charge in [-0.15, -0.1) is 0 Å². The highest BCUT2D eigenvalue weighted by atomic mass is 16.8. The van der Waals surface area contributed by atoms with E-state index in [4.69, 9.17) is 47.4 Å². The number of allylic oxidation sites excluding steroid dienone is 2. The number of aliphatic hydroxyl groups excluding tert-OH is 12. The molecule has 25 atom stereocenters. The molecule has 500 valence electrons. The van der Waals surface area contributed by atoms with Gasteiger partial charge in [-0.25, -0.2) is 0 Å². The molecule has 12 unspecified atom stereocenters. The summed E-state index contributed by atoms with van der Waals surface area (Å²) >= 11 is 0. The smallest absolute Gasteiger partial charge is 0.251 e. The zero-order chi connectivity index (χ0) is 64.5.